The monoisotopic (exact) mass is 352 g/mol. The zero-order chi connectivity index (χ0) is 17.8. The molecule has 4 rings (SSSR count). The van der Waals surface area contributed by atoms with Gasteiger partial charge in [-0.1, -0.05) is 0 Å². The van der Waals surface area contributed by atoms with Gasteiger partial charge in [-0.05, 0) is 24.6 Å². The standard InChI is InChI=1S/C18H20N6O2/c25-18(17-10-19-7-8-20-17)21-5-3-14-11-23(13-16-2-1-9-26-16)12-15-4-6-22-24(14)15/h1-2,4,6-10,14H,3,5,11-13H2,(H,21,25)/t14-/m0/s1. The number of carbonyl (C=O) groups excluding carboxylic acids is 1. The van der Waals surface area contributed by atoms with Gasteiger partial charge in [0.05, 0.1) is 30.7 Å². The minimum atomic E-state index is -0.206. The van der Waals surface area contributed by atoms with Crippen molar-refractivity contribution in [2.75, 3.05) is 13.1 Å². The van der Waals surface area contributed by atoms with Crippen molar-refractivity contribution in [2.45, 2.75) is 25.6 Å². The van der Waals surface area contributed by atoms with E-state index in [0.29, 0.717) is 12.2 Å². The molecule has 26 heavy (non-hydrogen) atoms. The van der Waals surface area contributed by atoms with Crippen molar-refractivity contribution < 1.29 is 9.21 Å². The molecule has 0 fully saturated rings. The first-order valence-electron chi connectivity index (χ1n) is 8.61. The fourth-order valence-electron chi connectivity index (χ4n) is 3.28. The van der Waals surface area contributed by atoms with E-state index >= 15 is 0 Å². The molecule has 1 aliphatic rings. The summed E-state index contributed by atoms with van der Waals surface area (Å²) >= 11 is 0. The number of nitrogens with one attached hydrogen (secondary N) is 1. The van der Waals surface area contributed by atoms with Gasteiger partial charge in [0, 0.05) is 38.2 Å². The maximum absolute atomic E-state index is 12.1. The number of hydrogen-bond acceptors (Lipinski definition) is 6. The Bertz CT molecular complexity index is 846. The Morgan fingerprint density at radius 3 is 3.08 bits per heavy atom. The molecule has 3 aromatic rings. The second-order valence-electron chi connectivity index (χ2n) is 6.31. The topological polar surface area (TPSA) is 89.1 Å². The van der Waals surface area contributed by atoms with E-state index in [0.717, 1.165) is 31.8 Å². The molecule has 134 valence electrons. The van der Waals surface area contributed by atoms with E-state index in [1.165, 1.54) is 18.1 Å². The molecule has 0 spiro atoms. The predicted molar refractivity (Wildman–Crippen MR) is 93.1 cm³/mol. The Morgan fingerprint density at radius 1 is 1.31 bits per heavy atom. The van der Waals surface area contributed by atoms with Crippen LogP contribution in [-0.2, 0) is 13.1 Å². The number of amides is 1. The maximum atomic E-state index is 12.1. The lowest BCUT2D eigenvalue weighted by atomic mass is 10.1. The average molecular weight is 352 g/mol. The van der Waals surface area contributed by atoms with Crippen molar-refractivity contribution in [2.24, 2.45) is 0 Å². The molecule has 0 unspecified atom stereocenters. The van der Waals surface area contributed by atoms with Gasteiger partial charge in [0.1, 0.15) is 11.5 Å². The minimum Gasteiger partial charge on any atom is -0.468 e. The molecule has 1 amide bonds. The Morgan fingerprint density at radius 2 is 2.27 bits per heavy atom. The van der Waals surface area contributed by atoms with Gasteiger partial charge in [0.25, 0.3) is 5.91 Å². The van der Waals surface area contributed by atoms with Crippen LogP contribution < -0.4 is 5.32 Å². The summed E-state index contributed by atoms with van der Waals surface area (Å²) in [5.41, 5.74) is 1.50. The van der Waals surface area contributed by atoms with Crippen LogP contribution in [0.3, 0.4) is 0 Å². The largest absolute Gasteiger partial charge is 0.468 e. The van der Waals surface area contributed by atoms with Crippen LogP contribution in [0.1, 0.15) is 34.4 Å². The van der Waals surface area contributed by atoms with Gasteiger partial charge in [-0.2, -0.15) is 5.10 Å². The summed E-state index contributed by atoms with van der Waals surface area (Å²) in [6.45, 7) is 3.01. The second kappa shape index (κ2) is 7.49. The van der Waals surface area contributed by atoms with E-state index < -0.39 is 0 Å². The molecule has 8 nitrogen and oxygen atoms in total. The lowest BCUT2D eigenvalue weighted by Gasteiger charge is -2.33. The van der Waals surface area contributed by atoms with Gasteiger partial charge in [-0.3, -0.25) is 19.4 Å². The summed E-state index contributed by atoms with van der Waals surface area (Å²) in [5, 5.41) is 7.37. The third-order valence-corrected chi connectivity index (χ3v) is 4.47. The van der Waals surface area contributed by atoms with Crippen molar-refractivity contribution in [3.05, 3.63) is 66.4 Å². The molecule has 1 atom stereocenters. The van der Waals surface area contributed by atoms with E-state index in [-0.39, 0.29) is 11.9 Å². The van der Waals surface area contributed by atoms with E-state index in [4.69, 9.17) is 4.42 Å². The number of carbonyl (C=O) groups is 1. The van der Waals surface area contributed by atoms with Crippen molar-refractivity contribution in [3.63, 3.8) is 0 Å². The third-order valence-electron chi connectivity index (χ3n) is 4.47. The Balaban J connectivity index is 1.37. The predicted octanol–water partition coefficient (Wildman–Crippen LogP) is 1.64. The lowest BCUT2D eigenvalue weighted by molar-refractivity contribution is 0.0941. The number of nitrogens with zero attached hydrogens (tertiary/aromatic N) is 5. The SMILES string of the molecule is O=C(NCC[C@H]1CN(Cc2ccco2)Cc2ccnn21)c1cnccn1. The molecular weight excluding hydrogens is 332 g/mol. The van der Waals surface area contributed by atoms with Crippen LogP contribution in [0.15, 0.2) is 53.7 Å². The summed E-state index contributed by atoms with van der Waals surface area (Å²) in [6.07, 6.45) is 8.84. The number of fused-ring (bicyclic) bond motifs is 1. The highest BCUT2D eigenvalue weighted by atomic mass is 16.3. The highest BCUT2D eigenvalue weighted by molar-refractivity contribution is 5.91. The van der Waals surface area contributed by atoms with E-state index in [1.54, 1.807) is 12.5 Å². The van der Waals surface area contributed by atoms with Crippen LogP contribution in [-0.4, -0.2) is 43.6 Å². The van der Waals surface area contributed by atoms with Gasteiger partial charge >= 0.3 is 0 Å². The van der Waals surface area contributed by atoms with Crippen LogP contribution in [0.5, 0.6) is 0 Å². The molecule has 1 N–H and O–H groups in total. The summed E-state index contributed by atoms with van der Waals surface area (Å²) in [5.74, 6) is 0.745. The Kier molecular flexibility index (Phi) is 4.74. The number of hydrogen-bond donors (Lipinski definition) is 1. The van der Waals surface area contributed by atoms with Crippen molar-refractivity contribution in [3.8, 4) is 0 Å². The first kappa shape index (κ1) is 16.5. The number of aromatic nitrogens is 4. The molecular formula is C18H20N6O2. The maximum Gasteiger partial charge on any atom is 0.271 e. The molecule has 0 saturated heterocycles. The van der Waals surface area contributed by atoms with Gasteiger partial charge in [-0.15, -0.1) is 0 Å². The molecule has 4 heterocycles. The Labute approximate surface area is 150 Å². The van der Waals surface area contributed by atoms with E-state index in [1.807, 2.05) is 24.4 Å². The highest BCUT2D eigenvalue weighted by Gasteiger charge is 2.26. The fourth-order valence-corrected chi connectivity index (χ4v) is 3.28. The zero-order valence-corrected chi connectivity index (χ0v) is 14.3. The number of rotatable bonds is 6. The molecule has 3 aromatic heterocycles. The molecule has 0 aliphatic carbocycles. The average Bonchev–Trinajstić information content (AvgIpc) is 3.34. The summed E-state index contributed by atoms with van der Waals surface area (Å²) < 4.78 is 7.53. The zero-order valence-electron chi connectivity index (χ0n) is 14.3. The minimum absolute atomic E-state index is 0.200. The molecule has 0 saturated carbocycles. The fraction of sp³-hybridized carbons (Fsp3) is 0.333. The second-order valence-corrected chi connectivity index (χ2v) is 6.31. The smallest absolute Gasteiger partial charge is 0.271 e. The normalized spacial score (nSPS) is 17.0. The lowest BCUT2D eigenvalue weighted by Crippen LogP contribution is -2.39. The van der Waals surface area contributed by atoms with Crippen molar-refractivity contribution >= 4 is 5.91 Å². The molecule has 0 radical (unpaired) electrons. The molecule has 8 heteroatoms. The van der Waals surface area contributed by atoms with Crippen LogP contribution in [0, 0.1) is 0 Å². The van der Waals surface area contributed by atoms with Gasteiger partial charge < -0.3 is 9.73 Å². The van der Waals surface area contributed by atoms with Crippen LogP contribution >= 0.6 is 0 Å². The van der Waals surface area contributed by atoms with Gasteiger partial charge in [-0.25, -0.2) is 4.98 Å². The molecule has 1 aliphatic heterocycles. The third kappa shape index (κ3) is 3.65. The first-order chi connectivity index (χ1) is 12.8. The Hall–Kier alpha value is -3.00. The van der Waals surface area contributed by atoms with Crippen molar-refractivity contribution in [1.29, 1.82) is 0 Å². The van der Waals surface area contributed by atoms with E-state index in [2.05, 4.69) is 30.0 Å². The summed E-state index contributed by atoms with van der Waals surface area (Å²) in [6, 6.07) is 6.13. The van der Waals surface area contributed by atoms with Crippen LogP contribution in [0.25, 0.3) is 0 Å². The van der Waals surface area contributed by atoms with Gasteiger partial charge in [0.15, 0.2) is 0 Å². The highest BCUT2D eigenvalue weighted by Crippen LogP contribution is 2.24. The van der Waals surface area contributed by atoms with Crippen molar-refractivity contribution in [1.82, 2.24) is 30.0 Å². The van der Waals surface area contributed by atoms with Gasteiger partial charge in [0.2, 0.25) is 0 Å². The molecule has 0 bridgehead atoms. The molecule has 0 aromatic carbocycles. The summed E-state index contributed by atoms with van der Waals surface area (Å²) in [4.78, 5) is 22.4. The summed E-state index contributed by atoms with van der Waals surface area (Å²) in [7, 11) is 0. The van der Waals surface area contributed by atoms with Crippen LogP contribution in [0.2, 0.25) is 0 Å². The number of furan rings is 1. The first-order valence-corrected chi connectivity index (χ1v) is 8.61. The van der Waals surface area contributed by atoms with E-state index in [9.17, 15) is 4.79 Å². The quantitative estimate of drug-likeness (QED) is 0.725. The van der Waals surface area contributed by atoms with Crippen LogP contribution in [0.4, 0.5) is 0 Å².